The minimum Gasteiger partial charge on any atom is -0.428 e. The molecule has 6 nitrogen and oxygen atoms in total. The molecule has 30 heavy (non-hydrogen) atoms. The number of benzene rings is 1. The number of pyridine rings is 1. The molecule has 1 aromatic carbocycles. The lowest BCUT2D eigenvalue weighted by molar-refractivity contribution is -0.253. The van der Waals surface area contributed by atoms with Crippen molar-refractivity contribution in [1.82, 2.24) is 10.3 Å². The van der Waals surface area contributed by atoms with Crippen LogP contribution >= 0.6 is 0 Å². The van der Waals surface area contributed by atoms with Crippen LogP contribution in [-0.2, 0) is 4.79 Å². The van der Waals surface area contributed by atoms with Crippen LogP contribution in [0.15, 0.2) is 42.6 Å². The first kappa shape index (κ1) is 23.1. The van der Waals surface area contributed by atoms with E-state index in [-0.39, 0.29) is 17.4 Å². The Morgan fingerprint density at radius 1 is 1.07 bits per heavy atom. The van der Waals surface area contributed by atoms with E-state index in [1.807, 2.05) is 0 Å². The lowest BCUT2D eigenvalue weighted by Crippen LogP contribution is -2.33. The molecule has 1 aromatic heterocycles. The van der Waals surface area contributed by atoms with E-state index >= 15 is 0 Å². The number of carbonyl (C=O) groups is 2. The van der Waals surface area contributed by atoms with Crippen LogP contribution < -0.4 is 15.4 Å². The molecule has 0 fully saturated rings. The molecule has 2 N–H and O–H groups in total. The molecule has 0 bridgehead atoms. The van der Waals surface area contributed by atoms with Gasteiger partial charge in [-0.05, 0) is 48.9 Å². The van der Waals surface area contributed by atoms with Crippen molar-refractivity contribution in [3.63, 3.8) is 0 Å². The average molecular weight is 427 g/mol. The normalized spacial score (nSPS) is 12.6. The first-order valence-electron chi connectivity index (χ1n) is 9.02. The van der Waals surface area contributed by atoms with Gasteiger partial charge in [-0.2, -0.15) is 17.6 Å². The molecule has 1 unspecified atom stereocenters. The Morgan fingerprint density at radius 3 is 2.27 bits per heavy atom. The third-order valence-corrected chi connectivity index (χ3v) is 4.03. The summed E-state index contributed by atoms with van der Waals surface area (Å²) < 4.78 is 54.2. The standard InChI is InChI=1S/C20H21F4N3O3/c1-11(2)17(28)27-16-10-14(8-9-25-16)12(3)26-18(29)13-4-6-15(7-5-13)30-20(23,24)19(21)22/h4-12,19H,1-3H3,(H,26,29)(H,25,27,28). The van der Waals surface area contributed by atoms with Gasteiger partial charge in [-0.1, -0.05) is 13.8 Å². The molecular weight excluding hydrogens is 406 g/mol. The van der Waals surface area contributed by atoms with Crippen LogP contribution in [0.2, 0.25) is 0 Å². The third-order valence-electron chi connectivity index (χ3n) is 4.03. The van der Waals surface area contributed by atoms with Gasteiger partial charge < -0.3 is 15.4 Å². The number of alkyl halides is 4. The minimum atomic E-state index is -4.62. The highest BCUT2D eigenvalue weighted by Gasteiger charge is 2.43. The molecule has 162 valence electrons. The van der Waals surface area contributed by atoms with E-state index in [9.17, 15) is 27.2 Å². The molecule has 0 radical (unpaired) electrons. The van der Waals surface area contributed by atoms with E-state index < -0.39 is 30.2 Å². The molecule has 0 saturated carbocycles. The predicted molar refractivity (Wildman–Crippen MR) is 102 cm³/mol. The maximum absolute atomic E-state index is 12.9. The van der Waals surface area contributed by atoms with E-state index in [0.29, 0.717) is 11.4 Å². The Hall–Kier alpha value is -3.17. The average Bonchev–Trinajstić information content (AvgIpc) is 2.68. The zero-order chi connectivity index (χ0) is 22.5. The van der Waals surface area contributed by atoms with Crippen molar-refractivity contribution in [1.29, 1.82) is 0 Å². The second-order valence-corrected chi connectivity index (χ2v) is 6.80. The van der Waals surface area contributed by atoms with Crippen LogP contribution in [0.5, 0.6) is 5.75 Å². The Labute approximate surface area is 170 Å². The summed E-state index contributed by atoms with van der Waals surface area (Å²) in [6, 6.07) is 7.19. The molecule has 2 aromatic rings. The van der Waals surface area contributed by atoms with Crippen molar-refractivity contribution in [3.8, 4) is 5.75 Å². The first-order valence-corrected chi connectivity index (χ1v) is 9.02. The fourth-order valence-corrected chi connectivity index (χ4v) is 2.29. The number of nitrogens with zero attached hydrogens (tertiary/aromatic N) is 1. The van der Waals surface area contributed by atoms with E-state index in [1.54, 1.807) is 32.9 Å². The number of anilines is 1. The molecule has 10 heteroatoms. The van der Waals surface area contributed by atoms with Gasteiger partial charge in [-0.3, -0.25) is 9.59 Å². The highest BCUT2D eigenvalue weighted by Crippen LogP contribution is 2.27. The summed E-state index contributed by atoms with van der Waals surface area (Å²) in [5, 5.41) is 5.38. The summed E-state index contributed by atoms with van der Waals surface area (Å²) in [6.45, 7) is 5.20. The Morgan fingerprint density at radius 2 is 1.70 bits per heavy atom. The van der Waals surface area contributed by atoms with E-state index in [2.05, 4.69) is 20.4 Å². The van der Waals surface area contributed by atoms with Crippen molar-refractivity contribution in [3.05, 3.63) is 53.7 Å². The van der Waals surface area contributed by atoms with E-state index in [4.69, 9.17) is 0 Å². The maximum atomic E-state index is 12.9. The summed E-state index contributed by atoms with van der Waals surface area (Å²) in [7, 11) is 0. The van der Waals surface area contributed by atoms with E-state index in [1.165, 1.54) is 18.3 Å². The van der Waals surface area contributed by atoms with Crippen molar-refractivity contribution in [2.75, 3.05) is 5.32 Å². The largest absolute Gasteiger partial charge is 0.461 e. The second-order valence-electron chi connectivity index (χ2n) is 6.80. The number of nitrogens with one attached hydrogen (secondary N) is 2. The molecule has 1 heterocycles. The number of aromatic nitrogens is 1. The fourth-order valence-electron chi connectivity index (χ4n) is 2.29. The van der Waals surface area contributed by atoms with Crippen LogP contribution in [0, 0.1) is 5.92 Å². The Bertz CT molecular complexity index is 889. The zero-order valence-electron chi connectivity index (χ0n) is 16.5. The molecule has 0 aliphatic heterocycles. The van der Waals surface area contributed by atoms with Crippen molar-refractivity contribution in [2.24, 2.45) is 5.92 Å². The second kappa shape index (κ2) is 9.55. The van der Waals surface area contributed by atoms with Gasteiger partial charge in [0.1, 0.15) is 11.6 Å². The first-order chi connectivity index (χ1) is 14.0. The summed E-state index contributed by atoms with van der Waals surface area (Å²) in [6.07, 6.45) is -7.11. The van der Waals surface area contributed by atoms with Gasteiger partial charge in [-0.15, -0.1) is 0 Å². The van der Waals surface area contributed by atoms with Gasteiger partial charge in [0.2, 0.25) is 5.91 Å². The molecule has 0 aliphatic carbocycles. The lowest BCUT2D eigenvalue weighted by Gasteiger charge is -2.17. The lowest BCUT2D eigenvalue weighted by atomic mass is 10.1. The smallest absolute Gasteiger partial charge is 0.428 e. The minimum absolute atomic E-state index is 0.122. The van der Waals surface area contributed by atoms with Gasteiger partial charge >= 0.3 is 12.5 Å². The monoisotopic (exact) mass is 427 g/mol. The number of carbonyl (C=O) groups excluding carboxylic acids is 2. The SMILES string of the molecule is CC(C)C(=O)Nc1cc(C(C)NC(=O)c2ccc(OC(F)(F)C(F)F)cc2)ccn1. The van der Waals surface area contributed by atoms with Crippen molar-refractivity contribution < 1.29 is 31.9 Å². The summed E-state index contributed by atoms with van der Waals surface area (Å²) in [4.78, 5) is 28.2. The van der Waals surface area contributed by atoms with Crippen LogP contribution in [0.1, 0.15) is 42.7 Å². The van der Waals surface area contributed by atoms with Gasteiger partial charge in [0.15, 0.2) is 0 Å². The topological polar surface area (TPSA) is 80.3 Å². The van der Waals surface area contributed by atoms with Crippen LogP contribution in [0.25, 0.3) is 0 Å². The van der Waals surface area contributed by atoms with Crippen LogP contribution in [-0.4, -0.2) is 29.3 Å². The quantitative estimate of drug-likeness (QED) is 0.612. The van der Waals surface area contributed by atoms with Crippen LogP contribution in [0.3, 0.4) is 0 Å². The zero-order valence-corrected chi connectivity index (χ0v) is 16.5. The number of rotatable bonds is 8. The highest BCUT2D eigenvalue weighted by atomic mass is 19.3. The Balaban J connectivity index is 2.03. The molecule has 0 saturated heterocycles. The summed E-state index contributed by atoms with van der Waals surface area (Å²) in [5.74, 6) is -1.09. The van der Waals surface area contributed by atoms with E-state index in [0.717, 1.165) is 12.1 Å². The van der Waals surface area contributed by atoms with Gasteiger partial charge in [0, 0.05) is 17.7 Å². The number of ether oxygens (including phenoxy) is 1. The summed E-state index contributed by atoms with van der Waals surface area (Å²) in [5.41, 5.74) is 0.797. The molecular formula is C20H21F4N3O3. The van der Waals surface area contributed by atoms with Crippen molar-refractivity contribution in [2.45, 2.75) is 39.3 Å². The third kappa shape index (κ3) is 6.16. The van der Waals surface area contributed by atoms with Crippen molar-refractivity contribution >= 4 is 17.6 Å². The fraction of sp³-hybridized carbons (Fsp3) is 0.350. The summed E-state index contributed by atoms with van der Waals surface area (Å²) >= 11 is 0. The number of hydrogen-bond acceptors (Lipinski definition) is 4. The van der Waals surface area contributed by atoms with Gasteiger partial charge in [0.25, 0.3) is 5.91 Å². The molecule has 2 rings (SSSR count). The number of halogens is 4. The number of hydrogen-bond donors (Lipinski definition) is 2. The predicted octanol–water partition coefficient (Wildman–Crippen LogP) is 4.40. The number of amides is 2. The maximum Gasteiger partial charge on any atom is 0.461 e. The van der Waals surface area contributed by atoms with Gasteiger partial charge in [0.05, 0.1) is 6.04 Å². The molecule has 0 aliphatic rings. The Kier molecular flexibility index (Phi) is 7.36. The van der Waals surface area contributed by atoms with Crippen LogP contribution in [0.4, 0.5) is 23.4 Å². The molecule has 0 spiro atoms. The molecule has 1 atom stereocenters. The van der Waals surface area contributed by atoms with Gasteiger partial charge in [-0.25, -0.2) is 4.98 Å². The highest BCUT2D eigenvalue weighted by molar-refractivity contribution is 5.94. The molecule has 2 amide bonds.